The van der Waals surface area contributed by atoms with Gasteiger partial charge in [0, 0.05) is 6.92 Å². The van der Waals surface area contributed by atoms with Crippen molar-refractivity contribution in [2.24, 2.45) is 0 Å². The van der Waals surface area contributed by atoms with Crippen LogP contribution in [0.5, 0.6) is 0 Å². The Bertz CT molecular complexity index is 178. The molecule has 1 heterocycles. The molecule has 0 spiro atoms. The van der Waals surface area contributed by atoms with Crippen LogP contribution in [0.1, 0.15) is 17.5 Å². The number of nitrogens with zero attached hydrogens (tertiary/aromatic N) is 1. The Morgan fingerprint density at radius 1 is 1.88 bits per heavy atom. The highest BCUT2D eigenvalue weighted by Crippen LogP contribution is 1.95. The van der Waals surface area contributed by atoms with Crippen LogP contribution in [0.3, 0.4) is 0 Å². The molecule has 0 radical (unpaired) electrons. The Morgan fingerprint density at radius 3 is 2.88 bits per heavy atom. The van der Waals surface area contributed by atoms with E-state index in [0.717, 1.165) is 0 Å². The quantitative estimate of drug-likeness (QED) is 0.505. The van der Waals surface area contributed by atoms with Gasteiger partial charge < -0.3 is 4.42 Å². The van der Waals surface area contributed by atoms with Crippen LogP contribution < -0.4 is 0 Å². The number of aromatic nitrogens is 1. The molecule has 3 nitrogen and oxygen atoms in total. The van der Waals surface area contributed by atoms with Crippen LogP contribution in [-0.2, 0) is 0 Å². The minimum atomic E-state index is -0.0949. The largest absolute Gasteiger partial charge is 0.440 e. The van der Waals surface area contributed by atoms with Crippen molar-refractivity contribution < 1.29 is 9.21 Å². The summed E-state index contributed by atoms with van der Waals surface area (Å²) in [5.74, 6) is 0.215. The molecule has 0 unspecified atom stereocenters. The van der Waals surface area contributed by atoms with Gasteiger partial charge in [0.25, 0.3) is 0 Å². The zero-order valence-corrected chi connectivity index (χ0v) is 4.42. The summed E-state index contributed by atoms with van der Waals surface area (Å²) in [5.41, 5.74) is 0. The first-order valence-electron chi connectivity index (χ1n) is 2.20. The molecular weight excluding hydrogens is 106 g/mol. The number of Topliss-reactive ketones (excluding diaryl/α,β-unsaturated/α-hetero) is 1. The number of carbonyl (C=O) groups is 1. The van der Waals surface area contributed by atoms with Crippen LogP contribution >= 0.6 is 0 Å². The zero-order chi connectivity index (χ0) is 5.98. The Balaban J connectivity index is 2.93. The summed E-state index contributed by atoms with van der Waals surface area (Å²) >= 11 is 0. The second kappa shape index (κ2) is 1.78. The van der Waals surface area contributed by atoms with Crippen molar-refractivity contribution in [3.05, 3.63) is 18.4 Å². The number of rotatable bonds is 1. The molecule has 0 N–H and O–H groups in total. The molecule has 42 valence electrons. The van der Waals surface area contributed by atoms with Crippen LogP contribution in [-0.4, -0.2) is 10.8 Å². The molecule has 0 aliphatic rings. The highest BCUT2D eigenvalue weighted by Gasteiger charge is 1.99. The second-order valence-electron chi connectivity index (χ2n) is 1.42. The SMILES string of the molecule is CC(=O)c1cnco1. The Morgan fingerprint density at radius 2 is 2.62 bits per heavy atom. The standard InChI is InChI=1S/C5H5NO2/c1-4(7)5-2-6-3-8-5/h2-3H,1H3. The number of ketones is 1. The molecule has 1 rings (SSSR count). The molecular formula is C5H5NO2. The van der Waals surface area contributed by atoms with E-state index in [4.69, 9.17) is 0 Å². The monoisotopic (exact) mass is 111 g/mol. The van der Waals surface area contributed by atoms with Gasteiger partial charge in [-0.3, -0.25) is 4.79 Å². The summed E-state index contributed by atoms with van der Waals surface area (Å²) < 4.78 is 4.63. The molecule has 0 fully saturated rings. The van der Waals surface area contributed by atoms with E-state index in [9.17, 15) is 4.79 Å². The summed E-state index contributed by atoms with van der Waals surface area (Å²) in [4.78, 5) is 13.9. The van der Waals surface area contributed by atoms with Crippen molar-refractivity contribution in [3.63, 3.8) is 0 Å². The molecule has 0 saturated heterocycles. The first kappa shape index (κ1) is 5.03. The number of carbonyl (C=O) groups excluding carboxylic acids is 1. The van der Waals surface area contributed by atoms with Crippen molar-refractivity contribution >= 4 is 5.78 Å². The maximum absolute atomic E-state index is 10.4. The first-order valence-corrected chi connectivity index (χ1v) is 2.20. The fourth-order valence-electron chi connectivity index (χ4n) is 0.390. The Hall–Kier alpha value is -1.12. The predicted molar refractivity (Wildman–Crippen MR) is 26.5 cm³/mol. The molecule has 8 heavy (non-hydrogen) atoms. The number of hydrogen-bond donors (Lipinski definition) is 0. The second-order valence-corrected chi connectivity index (χ2v) is 1.42. The van der Waals surface area contributed by atoms with Gasteiger partial charge in [-0.1, -0.05) is 0 Å². The molecule has 0 bridgehead atoms. The lowest BCUT2D eigenvalue weighted by Crippen LogP contribution is -1.85. The predicted octanol–water partition coefficient (Wildman–Crippen LogP) is 0.877. The van der Waals surface area contributed by atoms with Crippen molar-refractivity contribution in [2.75, 3.05) is 0 Å². The van der Waals surface area contributed by atoms with Gasteiger partial charge in [-0.2, -0.15) is 0 Å². The van der Waals surface area contributed by atoms with Gasteiger partial charge in [0.15, 0.2) is 17.9 Å². The fraction of sp³-hybridized carbons (Fsp3) is 0.200. The van der Waals surface area contributed by atoms with E-state index in [-0.39, 0.29) is 5.78 Å². The van der Waals surface area contributed by atoms with E-state index in [1.165, 1.54) is 19.5 Å². The van der Waals surface area contributed by atoms with E-state index >= 15 is 0 Å². The topological polar surface area (TPSA) is 43.1 Å². The Kier molecular flexibility index (Phi) is 1.12. The van der Waals surface area contributed by atoms with Crippen molar-refractivity contribution in [2.45, 2.75) is 6.92 Å². The zero-order valence-electron chi connectivity index (χ0n) is 4.42. The van der Waals surface area contributed by atoms with Crippen LogP contribution in [0.25, 0.3) is 0 Å². The number of oxazole rings is 1. The molecule has 0 amide bonds. The third-order valence-corrected chi connectivity index (χ3v) is 0.779. The van der Waals surface area contributed by atoms with Crippen LogP contribution in [0.2, 0.25) is 0 Å². The fourth-order valence-corrected chi connectivity index (χ4v) is 0.390. The molecule has 0 aliphatic carbocycles. The van der Waals surface area contributed by atoms with Gasteiger partial charge in [0.2, 0.25) is 0 Å². The summed E-state index contributed by atoms with van der Waals surface area (Å²) in [6.45, 7) is 1.43. The average molecular weight is 111 g/mol. The third kappa shape index (κ3) is 0.753. The normalized spacial score (nSPS) is 9.12. The molecule has 1 aromatic rings. The van der Waals surface area contributed by atoms with E-state index < -0.39 is 0 Å². The lowest BCUT2D eigenvalue weighted by molar-refractivity contribution is 0.0987. The molecule has 3 heteroatoms. The average Bonchev–Trinajstić information content (AvgIpc) is 2.12. The van der Waals surface area contributed by atoms with Crippen molar-refractivity contribution in [1.82, 2.24) is 4.98 Å². The van der Waals surface area contributed by atoms with Crippen LogP contribution in [0.15, 0.2) is 17.0 Å². The summed E-state index contributed by atoms with van der Waals surface area (Å²) in [6.07, 6.45) is 2.62. The first-order chi connectivity index (χ1) is 3.80. The van der Waals surface area contributed by atoms with Crippen molar-refractivity contribution in [1.29, 1.82) is 0 Å². The van der Waals surface area contributed by atoms with E-state index in [1.54, 1.807) is 0 Å². The molecule has 1 aromatic heterocycles. The number of hydrogen-bond acceptors (Lipinski definition) is 3. The lowest BCUT2D eigenvalue weighted by Gasteiger charge is -1.78. The maximum Gasteiger partial charge on any atom is 0.196 e. The molecule has 0 saturated carbocycles. The third-order valence-electron chi connectivity index (χ3n) is 0.779. The van der Waals surface area contributed by atoms with Gasteiger partial charge in [0.05, 0.1) is 6.20 Å². The van der Waals surface area contributed by atoms with Gasteiger partial charge in [-0.05, 0) is 0 Å². The maximum atomic E-state index is 10.4. The minimum absolute atomic E-state index is 0.0949. The van der Waals surface area contributed by atoms with Crippen molar-refractivity contribution in [3.8, 4) is 0 Å². The molecule has 0 aliphatic heterocycles. The summed E-state index contributed by atoms with van der Waals surface area (Å²) in [7, 11) is 0. The summed E-state index contributed by atoms with van der Waals surface area (Å²) in [6, 6.07) is 0. The smallest absolute Gasteiger partial charge is 0.196 e. The van der Waals surface area contributed by atoms with E-state index in [2.05, 4.69) is 9.40 Å². The van der Waals surface area contributed by atoms with Gasteiger partial charge in [0.1, 0.15) is 0 Å². The molecule has 0 atom stereocenters. The molecule has 0 aromatic carbocycles. The van der Waals surface area contributed by atoms with E-state index in [0.29, 0.717) is 5.76 Å². The van der Waals surface area contributed by atoms with Crippen LogP contribution in [0.4, 0.5) is 0 Å². The minimum Gasteiger partial charge on any atom is -0.440 e. The van der Waals surface area contributed by atoms with Gasteiger partial charge >= 0.3 is 0 Å². The Labute approximate surface area is 46.3 Å². The van der Waals surface area contributed by atoms with Gasteiger partial charge in [-0.25, -0.2) is 4.98 Å². The van der Waals surface area contributed by atoms with Crippen LogP contribution in [0, 0.1) is 0 Å². The summed E-state index contributed by atoms with van der Waals surface area (Å²) in [5, 5.41) is 0. The highest BCUT2D eigenvalue weighted by atomic mass is 16.3. The van der Waals surface area contributed by atoms with Gasteiger partial charge in [-0.15, -0.1) is 0 Å². The lowest BCUT2D eigenvalue weighted by atomic mass is 10.4. The highest BCUT2D eigenvalue weighted by molar-refractivity contribution is 5.90. The van der Waals surface area contributed by atoms with E-state index in [1.807, 2.05) is 0 Å².